The van der Waals surface area contributed by atoms with Crippen molar-refractivity contribution < 1.29 is 4.79 Å². The number of carbonyl (C=O) groups excluding carboxylic acids is 1. The molecule has 1 amide bonds. The van der Waals surface area contributed by atoms with E-state index in [1.165, 1.54) is 0 Å². The fourth-order valence-corrected chi connectivity index (χ4v) is 2.34. The maximum atomic E-state index is 10.8. The summed E-state index contributed by atoms with van der Waals surface area (Å²) in [5.74, 6) is -0.322. The summed E-state index contributed by atoms with van der Waals surface area (Å²) >= 11 is 9.35. The topological polar surface area (TPSA) is 55.1 Å². The molecule has 2 aromatic carbocycles. The average molecular weight is 354 g/mol. The van der Waals surface area contributed by atoms with Crippen molar-refractivity contribution in [2.24, 2.45) is 5.73 Å². The number of nitrogens with two attached hydrogens (primary N) is 1. The van der Waals surface area contributed by atoms with Crippen LogP contribution in [0.2, 0.25) is 5.02 Å². The lowest BCUT2D eigenvalue weighted by molar-refractivity contribution is -0.117. The van der Waals surface area contributed by atoms with E-state index < -0.39 is 0 Å². The van der Waals surface area contributed by atoms with Crippen molar-refractivity contribution in [1.82, 2.24) is 0 Å². The van der Waals surface area contributed by atoms with E-state index in [9.17, 15) is 4.79 Å². The largest absolute Gasteiger partial charge is 0.381 e. The van der Waals surface area contributed by atoms with Crippen molar-refractivity contribution in [3.8, 4) is 0 Å². The minimum atomic E-state index is -0.322. The first-order valence-corrected chi connectivity index (χ1v) is 7.27. The van der Waals surface area contributed by atoms with Crippen LogP contribution in [-0.4, -0.2) is 5.91 Å². The maximum absolute atomic E-state index is 10.8. The molecule has 0 radical (unpaired) electrons. The summed E-state index contributed by atoms with van der Waals surface area (Å²) in [6.07, 6.45) is 0.268. The molecule has 0 bridgehead atoms. The SMILES string of the molecule is NC(=O)Cc1ccc(NCc2ccc(Cl)c(Br)c2)cc1. The Balaban J connectivity index is 1.96. The highest BCUT2D eigenvalue weighted by Crippen LogP contribution is 2.23. The van der Waals surface area contributed by atoms with Gasteiger partial charge in [0, 0.05) is 16.7 Å². The number of amides is 1. The summed E-state index contributed by atoms with van der Waals surface area (Å²) in [4.78, 5) is 10.8. The summed E-state index contributed by atoms with van der Waals surface area (Å²) < 4.78 is 0.885. The van der Waals surface area contributed by atoms with E-state index in [-0.39, 0.29) is 12.3 Å². The molecule has 0 unspecified atom stereocenters. The second-order valence-electron chi connectivity index (χ2n) is 4.44. The van der Waals surface area contributed by atoms with Crippen LogP contribution in [-0.2, 0) is 17.8 Å². The normalized spacial score (nSPS) is 10.3. The molecule has 0 spiro atoms. The van der Waals surface area contributed by atoms with E-state index in [0.717, 1.165) is 21.3 Å². The highest BCUT2D eigenvalue weighted by atomic mass is 79.9. The highest BCUT2D eigenvalue weighted by molar-refractivity contribution is 9.10. The van der Waals surface area contributed by atoms with Gasteiger partial charge in [-0.2, -0.15) is 0 Å². The molecule has 0 saturated heterocycles. The maximum Gasteiger partial charge on any atom is 0.221 e. The lowest BCUT2D eigenvalue weighted by atomic mass is 10.1. The van der Waals surface area contributed by atoms with Gasteiger partial charge < -0.3 is 11.1 Å². The van der Waals surface area contributed by atoms with Gasteiger partial charge in [0.25, 0.3) is 0 Å². The Morgan fingerprint density at radius 3 is 2.40 bits per heavy atom. The monoisotopic (exact) mass is 352 g/mol. The first-order valence-electron chi connectivity index (χ1n) is 6.09. The molecule has 0 aliphatic heterocycles. The Hall–Kier alpha value is -1.52. The van der Waals surface area contributed by atoms with E-state index in [1.54, 1.807) is 0 Å². The third kappa shape index (κ3) is 4.25. The predicted octanol–water partition coefficient (Wildman–Crippen LogP) is 3.74. The number of carbonyl (C=O) groups is 1. The van der Waals surface area contributed by atoms with E-state index in [2.05, 4.69) is 21.2 Å². The van der Waals surface area contributed by atoms with Crippen molar-refractivity contribution in [2.45, 2.75) is 13.0 Å². The summed E-state index contributed by atoms with van der Waals surface area (Å²) in [5.41, 5.74) is 8.19. The molecule has 0 aliphatic carbocycles. The van der Waals surface area contributed by atoms with Crippen molar-refractivity contribution in [3.05, 3.63) is 63.1 Å². The Labute approximate surface area is 131 Å². The minimum Gasteiger partial charge on any atom is -0.381 e. The quantitative estimate of drug-likeness (QED) is 0.860. The van der Waals surface area contributed by atoms with Gasteiger partial charge in [-0.1, -0.05) is 29.8 Å². The van der Waals surface area contributed by atoms with Gasteiger partial charge in [0.05, 0.1) is 11.4 Å². The third-order valence-electron chi connectivity index (χ3n) is 2.81. The van der Waals surface area contributed by atoms with Gasteiger partial charge in [0.15, 0.2) is 0 Å². The number of hydrogen-bond acceptors (Lipinski definition) is 2. The van der Waals surface area contributed by atoms with Gasteiger partial charge in [0.1, 0.15) is 0 Å². The second-order valence-corrected chi connectivity index (χ2v) is 5.70. The molecule has 2 aromatic rings. The lowest BCUT2D eigenvalue weighted by Crippen LogP contribution is -2.13. The second kappa shape index (κ2) is 6.77. The van der Waals surface area contributed by atoms with E-state index in [1.807, 2.05) is 42.5 Å². The molecular weight excluding hydrogens is 340 g/mol. The summed E-state index contributed by atoms with van der Waals surface area (Å²) in [5, 5.41) is 4.01. The Kier molecular flexibility index (Phi) is 5.04. The van der Waals surface area contributed by atoms with Crippen LogP contribution in [0, 0.1) is 0 Å². The first kappa shape index (κ1) is 14.9. The van der Waals surface area contributed by atoms with Crippen LogP contribution >= 0.6 is 27.5 Å². The van der Waals surface area contributed by atoms with Gasteiger partial charge in [-0.05, 0) is 51.3 Å². The van der Waals surface area contributed by atoms with Gasteiger partial charge >= 0.3 is 0 Å². The zero-order valence-electron chi connectivity index (χ0n) is 10.7. The van der Waals surface area contributed by atoms with Crippen molar-refractivity contribution >= 4 is 39.1 Å². The van der Waals surface area contributed by atoms with Crippen LogP contribution in [0.5, 0.6) is 0 Å². The molecular formula is C15H14BrClN2O. The van der Waals surface area contributed by atoms with Gasteiger partial charge in [-0.25, -0.2) is 0 Å². The Morgan fingerprint density at radius 2 is 1.80 bits per heavy atom. The molecule has 0 aromatic heterocycles. The summed E-state index contributed by atoms with van der Waals surface area (Å²) in [7, 11) is 0. The molecule has 0 heterocycles. The predicted molar refractivity (Wildman–Crippen MR) is 85.8 cm³/mol. The summed E-state index contributed by atoms with van der Waals surface area (Å²) in [6.45, 7) is 0.699. The van der Waals surface area contributed by atoms with Crippen molar-refractivity contribution in [1.29, 1.82) is 0 Å². The molecule has 0 atom stereocenters. The van der Waals surface area contributed by atoms with Crippen molar-refractivity contribution in [3.63, 3.8) is 0 Å². The van der Waals surface area contributed by atoms with Crippen molar-refractivity contribution in [2.75, 3.05) is 5.32 Å². The Bertz CT molecular complexity index is 614. The number of primary amides is 1. The molecule has 2 rings (SSSR count). The van der Waals surface area contributed by atoms with Crippen LogP contribution in [0.15, 0.2) is 46.9 Å². The van der Waals surface area contributed by atoms with Crippen LogP contribution < -0.4 is 11.1 Å². The van der Waals surface area contributed by atoms with Crippen LogP contribution in [0.4, 0.5) is 5.69 Å². The zero-order valence-corrected chi connectivity index (χ0v) is 13.0. The molecule has 0 fully saturated rings. The highest BCUT2D eigenvalue weighted by Gasteiger charge is 2.01. The van der Waals surface area contributed by atoms with E-state index in [0.29, 0.717) is 11.6 Å². The average Bonchev–Trinajstić information content (AvgIpc) is 2.41. The molecule has 104 valence electrons. The first-order chi connectivity index (χ1) is 9.54. The number of hydrogen-bond donors (Lipinski definition) is 2. The van der Waals surface area contributed by atoms with Crippen LogP contribution in [0.3, 0.4) is 0 Å². The van der Waals surface area contributed by atoms with Crippen LogP contribution in [0.1, 0.15) is 11.1 Å². The minimum absolute atomic E-state index is 0.268. The standard InChI is InChI=1S/C15H14BrClN2O/c16-13-7-11(3-6-14(13)17)9-19-12-4-1-10(2-5-12)8-15(18)20/h1-7,19H,8-9H2,(H2,18,20). The van der Waals surface area contributed by atoms with Gasteiger partial charge in [0.2, 0.25) is 5.91 Å². The lowest BCUT2D eigenvalue weighted by Gasteiger charge is -2.08. The summed E-state index contributed by atoms with van der Waals surface area (Å²) in [6, 6.07) is 13.5. The molecule has 0 saturated carbocycles. The third-order valence-corrected chi connectivity index (χ3v) is 4.03. The fourth-order valence-electron chi connectivity index (χ4n) is 1.80. The Morgan fingerprint density at radius 1 is 1.15 bits per heavy atom. The van der Waals surface area contributed by atoms with E-state index >= 15 is 0 Å². The number of rotatable bonds is 5. The number of benzene rings is 2. The number of halogens is 2. The molecule has 0 aliphatic rings. The molecule has 3 nitrogen and oxygen atoms in total. The van der Waals surface area contributed by atoms with Crippen LogP contribution in [0.25, 0.3) is 0 Å². The fraction of sp³-hybridized carbons (Fsp3) is 0.133. The smallest absolute Gasteiger partial charge is 0.221 e. The molecule has 5 heteroatoms. The zero-order chi connectivity index (χ0) is 14.5. The van der Waals surface area contributed by atoms with Gasteiger partial charge in [-0.15, -0.1) is 0 Å². The molecule has 20 heavy (non-hydrogen) atoms. The number of anilines is 1. The van der Waals surface area contributed by atoms with E-state index in [4.69, 9.17) is 17.3 Å². The number of nitrogens with one attached hydrogen (secondary N) is 1. The van der Waals surface area contributed by atoms with Gasteiger partial charge in [-0.3, -0.25) is 4.79 Å². The molecule has 3 N–H and O–H groups in total.